The highest BCUT2D eigenvalue weighted by Crippen LogP contribution is 2.12. The van der Waals surface area contributed by atoms with Gasteiger partial charge in [-0.05, 0) is 54.6 Å². The second-order valence-corrected chi connectivity index (χ2v) is 5.46. The lowest BCUT2D eigenvalue weighted by molar-refractivity contribution is 0.519. The molecule has 1 N–H and O–H groups in total. The van der Waals surface area contributed by atoms with Crippen molar-refractivity contribution < 1.29 is 4.39 Å². The predicted octanol–water partition coefficient (Wildman–Crippen LogP) is 4.15. The SMILES string of the molecule is CCNC(Cc1ccc(CC)cc1)Cc1cccc(F)c1. The summed E-state index contributed by atoms with van der Waals surface area (Å²) in [6.45, 7) is 5.20. The van der Waals surface area contributed by atoms with Gasteiger partial charge < -0.3 is 5.32 Å². The molecule has 2 rings (SSSR count). The van der Waals surface area contributed by atoms with Gasteiger partial charge in [0.2, 0.25) is 0 Å². The van der Waals surface area contributed by atoms with Crippen LogP contribution in [0.3, 0.4) is 0 Å². The van der Waals surface area contributed by atoms with Gasteiger partial charge in [-0.15, -0.1) is 0 Å². The van der Waals surface area contributed by atoms with Gasteiger partial charge in [0, 0.05) is 6.04 Å². The van der Waals surface area contributed by atoms with Crippen LogP contribution in [0.25, 0.3) is 0 Å². The van der Waals surface area contributed by atoms with E-state index in [1.807, 2.05) is 6.07 Å². The lowest BCUT2D eigenvalue weighted by Gasteiger charge is -2.18. The zero-order valence-corrected chi connectivity index (χ0v) is 12.9. The fourth-order valence-electron chi connectivity index (χ4n) is 2.65. The number of benzene rings is 2. The van der Waals surface area contributed by atoms with Gasteiger partial charge in [0.15, 0.2) is 0 Å². The fraction of sp³-hybridized carbons (Fsp3) is 0.368. The lowest BCUT2D eigenvalue weighted by Crippen LogP contribution is -2.33. The Kier molecular flexibility index (Phi) is 5.94. The number of aryl methyl sites for hydroxylation is 1. The molecule has 0 radical (unpaired) electrons. The molecule has 0 aliphatic rings. The molecule has 112 valence electrons. The van der Waals surface area contributed by atoms with Gasteiger partial charge in [0.1, 0.15) is 5.82 Å². The third kappa shape index (κ3) is 4.98. The Labute approximate surface area is 127 Å². The van der Waals surface area contributed by atoms with Crippen LogP contribution in [0.15, 0.2) is 48.5 Å². The van der Waals surface area contributed by atoms with Crippen molar-refractivity contribution in [2.45, 2.75) is 39.2 Å². The standard InChI is InChI=1S/C19H24FN/c1-3-15-8-10-16(11-9-15)13-19(21-4-2)14-17-6-5-7-18(20)12-17/h5-12,19,21H,3-4,13-14H2,1-2H3. The molecule has 0 amide bonds. The molecule has 0 heterocycles. The highest BCUT2D eigenvalue weighted by atomic mass is 19.1. The third-order valence-corrected chi connectivity index (χ3v) is 3.78. The normalized spacial score (nSPS) is 12.3. The number of hydrogen-bond acceptors (Lipinski definition) is 1. The summed E-state index contributed by atoms with van der Waals surface area (Å²) in [6.07, 6.45) is 2.88. The Morgan fingerprint density at radius 2 is 1.57 bits per heavy atom. The first-order valence-corrected chi connectivity index (χ1v) is 7.77. The maximum atomic E-state index is 13.3. The Morgan fingerprint density at radius 1 is 0.905 bits per heavy atom. The number of nitrogens with one attached hydrogen (secondary N) is 1. The maximum Gasteiger partial charge on any atom is 0.123 e. The van der Waals surface area contributed by atoms with E-state index in [4.69, 9.17) is 0 Å². The van der Waals surface area contributed by atoms with Crippen LogP contribution in [0.1, 0.15) is 30.5 Å². The second kappa shape index (κ2) is 7.94. The molecule has 0 aliphatic heterocycles. The molecule has 0 spiro atoms. The minimum Gasteiger partial charge on any atom is -0.314 e. The largest absolute Gasteiger partial charge is 0.314 e. The molecule has 0 saturated carbocycles. The molecular formula is C19H24FN. The van der Waals surface area contributed by atoms with Crippen molar-refractivity contribution in [3.8, 4) is 0 Å². The van der Waals surface area contributed by atoms with Crippen molar-refractivity contribution in [1.29, 1.82) is 0 Å². The minimum absolute atomic E-state index is 0.157. The molecule has 0 aromatic heterocycles. The third-order valence-electron chi connectivity index (χ3n) is 3.78. The van der Waals surface area contributed by atoms with Crippen LogP contribution in [0.4, 0.5) is 4.39 Å². The Morgan fingerprint density at radius 3 is 2.19 bits per heavy atom. The molecule has 0 saturated heterocycles. The van der Waals surface area contributed by atoms with Gasteiger partial charge in [-0.25, -0.2) is 4.39 Å². The summed E-state index contributed by atoms with van der Waals surface area (Å²) in [5.41, 5.74) is 3.74. The Bertz CT molecular complexity index is 548. The second-order valence-electron chi connectivity index (χ2n) is 5.46. The Balaban J connectivity index is 2.04. The van der Waals surface area contributed by atoms with Crippen molar-refractivity contribution in [3.05, 3.63) is 71.0 Å². The summed E-state index contributed by atoms with van der Waals surface area (Å²) in [7, 11) is 0. The number of halogens is 1. The van der Waals surface area contributed by atoms with Crippen LogP contribution in [-0.2, 0) is 19.3 Å². The molecule has 2 aromatic carbocycles. The summed E-state index contributed by atoms with van der Waals surface area (Å²) in [4.78, 5) is 0. The van der Waals surface area contributed by atoms with Gasteiger partial charge in [-0.2, -0.15) is 0 Å². The molecule has 0 bridgehead atoms. The molecular weight excluding hydrogens is 261 g/mol. The number of hydrogen-bond donors (Lipinski definition) is 1. The minimum atomic E-state index is -0.157. The van der Waals surface area contributed by atoms with Crippen molar-refractivity contribution in [3.63, 3.8) is 0 Å². The quantitative estimate of drug-likeness (QED) is 0.806. The monoisotopic (exact) mass is 285 g/mol. The first-order valence-electron chi connectivity index (χ1n) is 7.77. The van der Waals surface area contributed by atoms with Crippen LogP contribution < -0.4 is 5.32 Å². The summed E-state index contributed by atoms with van der Waals surface area (Å²) in [6, 6.07) is 16.0. The zero-order chi connectivity index (χ0) is 15.1. The topological polar surface area (TPSA) is 12.0 Å². The first-order chi connectivity index (χ1) is 10.2. The van der Waals surface area contributed by atoms with E-state index >= 15 is 0 Å². The van der Waals surface area contributed by atoms with Crippen LogP contribution in [0.2, 0.25) is 0 Å². The van der Waals surface area contributed by atoms with Gasteiger partial charge in [-0.3, -0.25) is 0 Å². The summed E-state index contributed by atoms with van der Waals surface area (Å²) < 4.78 is 13.3. The molecule has 2 heteroatoms. The van der Waals surface area contributed by atoms with E-state index in [1.54, 1.807) is 12.1 Å². The molecule has 21 heavy (non-hydrogen) atoms. The fourth-order valence-corrected chi connectivity index (χ4v) is 2.65. The van der Waals surface area contributed by atoms with Crippen molar-refractivity contribution in [2.24, 2.45) is 0 Å². The van der Waals surface area contributed by atoms with Crippen LogP contribution in [0.5, 0.6) is 0 Å². The molecule has 1 atom stereocenters. The lowest BCUT2D eigenvalue weighted by atomic mass is 9.98. The van der Waals surface area contributed by atoms with Gasteiger partial charge >= 0.3 is 0 Å². The van der Waals surface area contributed by atoms with E-state index in [0.29, 0.717) is 6.04 Å². The van der Waals surface area contributed by atoms with Gasteiger partial charge in [0.25, 0.3) is 0 Å². The number of rotatable bonds is 7. The van der Waals surface area contributed by atoms with E-state index in [9.17, 15) is 4.39 Å². The molecule has 0 aliphatic carbocycles. The molecule has 2 aromatic rings. The maximum absolute atomic E-state index is 13.3. The molecule has 1 unspecified atom stereocenters. The van der Waals surface area contributed by atoms with Crippen LogP contribution in [0, 0.1) is 5.82 Å². The van der Waals surface area contributed by atoms with Crippen molar-refractivity contribution in [1.82, 2.24) is 5.32 Å². The van der Waals surface area contributed by atoms with Crippen molar-refractivity contribution in [2.75, 3.05) is 6.54 Å². The van der Waals surface area contributed by atoms with Crippen LogP contribution in [-0.4, -0.2) is 12.6 Å². The van der Waals surface area contributed by atoms with Crippen LogP contribution >= 0.6 is 0 Å². The summed E-state index contributed by atoms with van der Waals surface area (Å²) in [5.74, 6) is -0.157. The average molecular weight is 285 g/mol. The van der Waals surface area contributed by atoms with Crippen molar-refractivity contribution >= 4 is 0 Å². The Hall–Kier alpha value is -1.67. The van der Waals surface area contributed by atoms with E-state index in [1.165, 1.54) is 17.2 Å². The van der Waals surface area contributed by atoms with E-state index in [-0.39, 0.29) is 5.82 Å². The highest BCUT2D eigenvalue weighted by molar-refractivity contribution is 5.24. The van der Waals surface area contributed by atoms with E-state index in [2.05, 4.69) is 43.4 Å². The van der Waals surface area contributed by atoms with E-state index < -0.39 is 0 Å². The number of likely N-dealkylation sites (N-methyl/N-ethyl adjacent to an activating group) is 1. The molecule has 0 fully saturated rings. The van der Waals surface area contributed by atoms with Gasteiger partial charge in [-0.1, -0.05) is 50.2 Å². The van der Waals surface area contributed by atoms with Gasteiger partial charge in [0.05, 0.1) is 0 Å². The smallest absolute Gasteiger partial charge is 0.123 e. The average Bonchev–Trinajstić information content (AvgIpc) is 2.48. The zero-order valence-electron chi connectivity index (χ0n) is 12.9. The van der Waals surface area contributed by atoms with E-state index in [0.717, 1.165) is 31.4 Å². The summed E-state index contributed by atoms with van der Waals surface area (Å²) in [5, 5.41) is 3.51. The molecule has 1 nitrogen and oxygen atoms in total. The predicted molar refractivity (Wildman–Crippen MR) is 87.1 cm³/mol. The summed E-state index contributed by atoms with van der Waals surface area (Å²) >= 11 is 0. The highest BCUT2D eigenvalue weighted by Gasteiger charge is 2.10. The first kappa shape index (κ1) is 15.7.